The number of carboxylic acids is 1. The molecule has 0 atom stereocenters. The van der Waals surface area contributed by atoms with Crippen LogP contribution in [0.1, 0.15) is 16.2 Å². The van der Waals surface area contributed by atoms with Crippen molar-refractivity contribution in [1.82, 2.24) is 24.1 Å². The number of carbonyl (C=O) groups is 1. The van der Waals surface area contributed by atoms with Gasteiger partial charge in [0.15, 0.2) is 11.3 Å². The van der Waals surface area contributed by atoms with E-state index in [1.54, 1.807) is 34.6 Å². The quantitative estimate of drug-likeness (QED) is 0.744. The molecule has 3 aromatic rings. The minimum absolute atomic E-state index is 0.0464. The van der Waals surface area contributed by atoms with Crippen LogP contribution in [-0.2, 0) is 7.05 Å². The molecule has 0 spiro atoms. The van der Waals surface area contributed by atoms with Crippen LogP contribution in [0.2, 0.25) is 0 Å². The van der Waals surface area contributed by atoms with Crippen molar-refractivity contribution in [3.05, 3.63) is 36.2 Å². The first-order chi connectivity index (χ1) is 9.06. The van der Waals surface area contributed by atoms with E-state index in [4.69, 9.17) is 5.11 Å². The monoisotopic (exact) mass is 257 g/mol. The zero-order valence-electron chi connectivity index (χ0n) is 10.4. The highest BCUT2D eigenvalue weighted by Crippen LogP contribution is 2.18. The van der Waals surface area contributed by atoms with E-state index in [2.05, 4.69) is 15.1 Å². The molecular weight excluding hydrogens is 246 g/mol. The third-order valence-electron chi connectivity index (χ3n) is 2.95. The van der Waals surface area contributed by atoms with Gasteiger partial charge in [-0.2, -0.15) is 5.10 Å². The Kier molecular flexibility index (Phi) is 2.34. The Morgan fingerprint density at radius 1 is 1.32 bits per heavy atom. The van der Waals surface area contributed by atoms with Crippen LogP contribution in [0.15, 0.2) is 24.8 Å². The van der Waals surface area contributed by atoms with Crippen LogP contribution < -0.4 is 0 Å². The number of aromatic nitrogens is 5. The first-order valence-electron chi connectivity index (χ1n) is 5.63. The Morgan fingerprint density at radius 3 is 2.74 bits per heavy atom. The number of hydrogen-bond donors (Lipinski definition) is 1. The molecule has 0 aliphatic heterocycles. The normalized spacial score (nSPS) is 11.1. The Bertz CT molecular complexity index is 787. The Morgan fingerprint density at radius 2 is 2.11 bits per heavy atom. The fourth-order valence-electron chi connectivity index (χ4n) is 1.98. The fraction of sp³-hybridized carbons (Fsp3) is 0.167. The third-order valence-corrected chi connectivity index (χ3v) is 2.95. The SMILES string of the molecule is Cc1c(C(=O)O)nc2cnc(-c3cnn(C)c3)cn12. The van der Waals surface area contributed by atoms with Crippen LogP contribution in [0.4, 0.5) is 0 Å². The maximum absolute atomic E-state index is 11.0. The zero-order valence-corrected chi connectivity index (χ0v) is 10.4. The molecule has 0 unspecified atom stereocenters. The predicted molar refractivity (Wildman–Crippen MR) is 66.9 cm³/mol. The lowest BCUT2D eigenvalue weighted by Gasteiger charge is -1.99. The van der Waals surface area contributed by atoms with E-state index in [9.17, 15) is 4.79 Å². The van der Waals surface area contributed by atoms with Gasteiger partial charge in [-0.15, -0.1) is 0 Å². The predicted octanol–water partition coefficient (Wildman–Crippen LogP) is 1.14. The van der Waals surface area contributed by atoms with Gasteiger partial charge in [-0.1, -0.05) is 0 Å². The van der Waals surface area contributed by atoms with Crippen molar-refractivity contribution in [2.24, 2.45) is 7.05 Å². The molecule has 3 aromatic heterocycles. The van der Waals surface area contributed by atoms with Gasteiger partial charge < -0.3 is 5.11 Å². The van der Waals surface area contributed by atoms with Gasteiger partial charge in [-0.25, -0.2) is 9.78 Å². The molecule has 0 amide bonds. The number of fused-ring (bicyclic) bond motifs is 1. The van der Waals surface area contributed by atoms with E-state index in [1.165, 1.54) is 0 Å². The van der Waals surface area contributed by atoms with Gasteiger partial charge in [0, 0.05) is 25.0 Å². The summed E-state index contributed by atoms with van der Waals surface area (Å²) >= 11 is 0. The van der Waals surface area contributed by atoms with Crippen molar-refractivity contribution in [2.45, 2.75) is 6.92 Å². The van der Waals surface area contributed by atoms with E-state index in [0.29, 0.717) is 11.3 Å². The number of carboxylic acid groups (broad SMARTS) is 1. The van der Waals surface area contributed by atoms with E-state index in [1.807, 2.05) is 13.2 Å². The number of hydrogen-bond acceptors (Lipinski definition) is 4. The average molecular weight is 257 g/mol. The van der Waals surface area contributed by atoms with E-state index in [0.717, 1.165) is 11.3 Å². The number of aromatic carboxylic acids is 1. The highest BCUT2D eigenvalue weighted by atomic mass is 16.4. The summed E-state index contributed by atoms with van der Waals surface area (Å²) in [5.74, 6) is -1.04. The molecule has 0 aliphatic carbocycles. The first-order valence-corrected chi connectivity index (χ1v) is 5.63. The standard InChI is InChI=1S/C12H11N5O2/c1-7-11(12(18)19)15-10-4-13-9(6-17(7)10)8-3-14-16(2)5-8/h3-6H,1-2H3,(H,18,19). The molecule has 0 radical (unpaired) electrons. The largest absolute Gasteiger partial charge is 0.476 e. The summed E-state index contributed by atoms with van der Waals surface area (Å²) < 4.78 is 3.41. The van der Waals surface area contributed by atoms with E-state index < -0.39 is 5.97 Å². The summed E-state index contributed by atoms with van der Waals surface area (Å²) in [6, 6.07) is 0. The van der Waals surface area contributed by atoms with Crippen LogP contribution in [0.5, 0.6) is 0 Å². The molecule has 7 heteroatoms. The topological polar surface area (TPSA) is 85.3 Å². The molecule has 19 heavy (non-hydrogen) atoms. The zero-order chi connectivity index (χ0) is 13.6. The van der Waals surface area contributed by atoms with Gasteiger partial charge in [0.25, 0.3) is 0 Å². The van der Waals surface area contributed by atoms with Gasteiger partial charge in [-0.05, 0) is 6.92 Å². The van der Waals surface area contributed by atoms with Crippen molar-refractivity contribution in [3.8, 4) is 11.3 Å². The van der Waals surface area contributed by atoms with E-state index in [-0.39, 0.29) is 5.69 Å². The highest BCUT2D eigenvalue weighted by Gasteiger charge is 2.15. The second kappa shape index (κ2) is 3.91. The molecule has 0 bridgehead atoms. The van der Waals surface area contributed by atoms with Crippen molar-refractivity contribution in [2.75, 3.05) is 0 Å². The van der Waals surface area contributed by atoms with Gasteiger partial charge >= 0.3 is 5.97 Å². The first kappa shape index (κ1) is 11.4. The number of aryl methyl sites for hydroxylation is 2. The summed E-state index contributed by atoms with van der Waals surface area (Å²) in [4.78, 5) is 19.3. The van der Waals surface area contributed by atoms with Crippen molar-refractivity contribution in [3.63, 3.8) is 0 Å². The second-order valence-corrected chi connectivity index (χ2v) is 4.25. The number of imidazole rings is 1. The van der Waals surface area contributed by atoms with Gasteiger partial charge in [0.1, 0.15) is 0 Å². The summed E-state index contributed by atoms with van der Waals surface area (Å²) in [6.45, 7) is 1.72. The summed E-state index contributed by atoms with van der Waals surface area (Å²) in [5, 5.41) is 13.1. The van der Waals surface area contributed by atoms with Crippen LogP contribution in [0.25, 0.3) is 16.9 Å². The van der Waals surface area contributed by atoms with Gasteiger partial charge in [-0.3, -0.25) is 14.1 Å². The number of nitrogens with zero attached hydrogens (tertiary/aromatic N) is 5. The van der Waals surface area contributed by atoms with Gasteiger partial charge in [0.05, 0.1) is 23.8 Å². The molecule has 3 heterocycles. The Hall–Kier alpha value is -2.70. The molecule has 7 nitrogen and oxygen atoms in total. The molecule has 1 N–H and O–H groups in total. The summed E-state index contributed by atoms with van der Waals surface area (Å²) in [6.07, 6.45) is 6.87. The Labute approximate surface area is 108 Å². The molecule has 0 saturated heterocycles. The lowest BCUT2D eigenvalue weighted by atomic mass is 10.2. The average Bonchev–Trinajstić information content (AvgIpc) is 2.94. The van der Waals surface area contributed by atoms with Crippen molar-refractivity contribution < 1.29 is 9.90 Å². The second-order valence-electron chi connectivity index (χ2n) is 4.25. The molecule has 96 valence electrons. The van der Waals surface area contributed by atoms with Gasteiger partial charge in [0.2, 0.25) is 0 Å². The van der Waals surface area contributed by atoms with Crippen molar-refractivity contribution >= 4 is 11.6 Å². The maximum atomic E-state index is 11.0. The smallest absolute Gasteiger partial charge is 0.356 e. The lowest BCUT2D eigenvalue weighted by Crippen LogP contribution is -1.99. The van der Waals surface area contributed by atoms with Crippen LogP contribution in [-0.4, -0.2) is 35.2 Å². The molecule has 3 rings (SSSR count). The molecule has 0 saturated carbocycles. The Balaban J connectivity index is 2.20. The number of rotatable bonds is 2. The third kappa shape index (κ3) is 1.75. The molecule has 0 fully saturated rings. The fourth-order valence-corrected chi connectivity index (χ4v) is 1.98. The molecular formula is C12H11N5O2. The van der Waals surface area contributed by atoms with Crippen LogP contribution in [0.3, 0.4) is 0 Å². The minimum atomic E-state index is -1.04. The maximum Gasteiger partial charge on any atom is 0.356 e. The van der Waals surface area contributed by atoms with Crippen LogP contribution in [0, 0.1) is 6.92 Å². The summed E-state index contributed by atoms with van der Waals surface area (Å²) in [7, 11) is 1.83. The highest BCUT2D eigenvalue weighted by molar-refractivity contribution is 5.87. The molecule has 0 aromatic carbocycles. The van der Waals surface area contributed by atoms with Crippen LogP contribution >= 0.6 is 0 Å². The summed E-state index contributed by atoms with van der Waals surface area (Å²) in [5.41, 5.74) is 2.73. The minimum Gasteiger partial charge on any atom is -0.476 e. The van der Waals surface area contributed by atoms with Crippen molar-refractivity contribution in [1.29, 1.82) is 0 Å². The molecule has 0 aliphatic rings. The lowest BCUT2D eigenvalue weighted by molar-refractivity contribution is 0.0690. The van der Waals surface area contributed by atoms with E-state index >= 15 is 0 Å².